The summed E-state index contributed by atoms with van der Waals surface area (Å²) in [5.41, 5.74) is -1.29. The second-order valence-electron chi connectivity index (χ2n) is 4.25. The number of ether oxygens (including phenoxy) is 2. The molecule has 0 bridgehead atoms. The highest BCUT2D eigenvalue weighted by atomic mass is 16.6. The standard InChI is InChI=1S/C12H20O5/c1-3-16-10(13)9(11(14)17-4-2)12(15)7-5-6-8-12/h9,15H,3-8H2,1-2H3. The third-order valence-electron chi connectivity index (χ3n) is 3.05. The molecule has 17 heavy (non-hydrogen) atoms. The molecule has 1 aliphatic rings. The van der Waals surface area contributed by atoms with Crippen LogP contribution in [0, 0.1) is 5.92 Å². The van der Waals surface area contributed by atoms with Gasteiger partial charge in [-0.1, -0.05) is 12.8 Å². The summed E-state index contributed by atoms with van der Waals surface area (Å²) in [6.07, 6.45) is 2.50. The second-order valence-corrected chi connectivity index (χ2v) is 4.25. The molecule has 1 saturated carbocycles. The van der Waals surface area contributed by atoms with E-state index in [0.29, 0.717) is 12.8 Å². The minimum atomic E-state index is -1.29. The van der Waals surface area contributed by atoms with E-state index in [9.17, 15) is 14.7 Å². The first-order valence-electron chi connectivity index (χ1n) is 6.10. The summed E-state index contributed by atoms with van der Waals surface area (Å²) in [5, 5.41) is 10.3. The van der Waals surface area contributed by atoms with Gasteiger partial charge in [-0.2, -0.15) is 0 Å². The highest BCUT2D eigenvalue weighted by Crippen LogP contribution is 2.37. The number of aliphatic hydroxyl groups is 1. The minimum Gasteiger partial charge on any atom is -0.465 e. The van der Waals surface area contributed by atoms with Gasteiger partial charge >= 0.3 is 11.9 Å². The van der Waals surface area contributed by atoms with Crippen molar-refractivity contribution in [2.75, 3.05) is 13.2 Å². The normalized spacial score (nSPS) is 18.1. The van der Waals surface area contributed by atoms with Gasteiger partial charge in [-0.3, -0.25) is 9.59 Å². The molecule has 1 aliphatic carbocycles. The zero-order chi connectivity index (χ0) is 12.9. The van der Waals surface area contributed by atoms with Crippen LogP contribution in [0.3, 0.4) is 0 Å². The average Bonchev–Trinajstić information content (AvgIpc) is 2.66. The smallest absolute Gasteiger partial charge is 0.323 e. The quantitative estimate of drug-likeness (QED) is 0.577. The first kappa shape index (κ1) is 14.0. The van der Waals surface area contributed by atoms with Crippen molar-refractivity contribution in [2.45, 2.75) is 45.1 Å². The van der Waals surface area contributed by atoms with E-state index in [1.54, 1.807) is 13.8 Å². The molecule has 1 fully saturated rings. The summed E-state index contributed by atoms with van der Waals surface area (Å²) in [4.78, 5) is 23.5. The summed E-state index contributed by atoms with van der Waals surface area (Å²) in [5.74, 6) is -2.57. The molecule has 0 heterocycles. The molecular formula is C12H20O5. The fourth-order valence-corrected chi connectivity index (χ4v) is 2.26. The molecule has 0 aliphatic heterocycles. The van der Waals surface area contributed by atoms with E-state index in [1.165, 1.54) is 0 Å². The Labute approximate surface area is 101 Å². The zero-order valence-corrected chi connectivity index (χ0v) is 10.4. The lowest BCUT2D eigenvalue weighted by Crippen LogP contribution is -2.46. The number of esters is 2. The van der Waals surface area contributed by atoms with Crippen molar-refractivity contribution >= 4 is 11.9 Å². The minimum absolute atomic E-state index is 0.185. The number of hydrogen-bond acceptors (Lipinski definition) is 5. The first-order valence-corrected chi connectivity index (χ1v) is 6.10. The summed E-state index contributed by atoms with van der Waals surface area (Å²) >= 11 is 0. The number of hydrogen-bond donors (Lipinski definition) is 1. The van der Waals surface area contributed by atoms with E-state index in [-0.39, 0.29) is 13.2 Å². The van der Waals surface area contributed by atoms with Gasteiger partial charge in [-0.15, -0.1) is 0 Å². The lowest BCUT2D eigenvalue weighted by molar-refractivity contribution is -0.174. The van der Waals surface area contributed by atoms with E-state index in [0.717, 1.165) is 12.8 Å². The van der Waals surface area contributed by atoms with E-state index in [1.807, 2.05) is 0 Å². The maximum atomic E-state index is 11.8. The summed E-state index contributed by atoms with van der Waals surface area (Å²) in [6.45, 7) is 3.70. The predicted molar refractivity (Wildman–Crippen MR) is 60.2 cm³/mol. The van der Waals surface area contributed by atoms with Gasteiger partial charge in [-0.05, 0) is 26.7 Å². The Kier molecular flexibility index (Phi) is 4.93. The maximum Gasteiger partial charge on any atom is 0.323 e. The van der Waals surface area contributed by atoms with Gasteiger partial charge in [0.1, 0.15) is 0 Å². The van der Waals surface area contributed by atoms with Crippen LogP contribution in [0.25, 0.3) is 0 Å². The van der Waals surface area contributed by atoms with Gasteiger partial charge in [0.25, 0.3) is 0 Å². The monoisotopic (exact) mass is 244 g/mol. The van der Waals surface area contributed by atoms with Crippen molar-refractivity contribution in [3.05, 3.63) is 0 Å². The van der Waals surface area contributed by atoms with Crippen LogP contribution in [0.15, 0.2) is 0 Å². The van der Waals surface area contributed by atoms with Crippen molar-refractivity contribution in [1.82, 2.24) is 0 Å². The molecule has 1 rings (SSSR count). The van der Waals surface area contributed by atoms with Crippen LogP contribution in [0.2, 0.25) is 0 Å². The van der Waals surface area contributed by atoms with Gasteiger partial charge in [0.15, 0.2) is 5.92 Å². The average molecular weight is 244 g/mol. The van der Waals surface area contributed by atoms with Gasteiger partial charge in [0, 0.05) is 0 Å². The SMILES string of the molecule is CCOC(=O)C(C(=O)OCC)C1(O)CCCC1. The third-order valence-corrected chi connectivity index (χ3v) is 3.05. The van der Waals surface area contributed by atoms with E-state index in [4.69, 9.17) is 9.47 Å². The van der Waals surface area contributed by atoms with Crippen LogP contribution in [0.4, 0.5) is 0 Å². The van der Waals surface area contributed by atoms with Crippen LogP contribution in [0.5, 0.6) is 0 Å². The fraction of sp³-hybridized carbons (Fsp3) is 0.833. The molecule has 0 saturated heterocycles. The van der Waals surface area contributed by atoms with Gasteiger partial charge in [-0.25, -0.2) is 0 Å². The maximum absolute atomic E-state index is 11.8. The molecule has 1 N–H and O–H groups in total. The Hall–Kier alpha value is -1.10. The molecule has 0 aromatic carbocycles. The zero-order valence-electron chi connectivity index (χ0n) is 10.4. The van der Waals surface area contributed by atoms with Crippen LogP contribution in [-0.4, -0.2) is 35.9 Å². The first-order chi connectivity index (χ1) is 8.05. The second kappa shape index (κ2) is 6.00. The molecule has 0 atom stereocenters. The molecule has 0 amide bonds. The number of rotatable bonds is 5. The van der Waals surface area contributed by atoms with Crippen molar-refractivity contribution in [1.29, 1.82) is 0 Å². The van der Waals surface area contributed by atoms with Gasteiger partial charge in [0.05, 0.1) is 18.8 Å². The lowest BCUT2D eigenvalue weighted by atomic mass is 9.86. The molecule has 0 radical (unpaired) electrons. The molecule has 0 spiro atoms. The fourth-order valence-electron chi connectivity index (χ4n) is 2.26. The summed E-state index contributed by atoms with van der Waals surface area (Å²) < 4.78 is 9.70. The molecule has 98 valence electrons. The van der Waals surface area contributed by atoms with Crippen LogP contribution in [-0.2, 0) is 19.1 Å². The Morgan fingerprint density at radius 1 is 1.12 bits per heavy atom. The van der Waals surface area contributed by atoms with E-state index < -0.39 is 23.5 Å². The lowest BCUT2D eigenvalue weighted by Gasteiger charge is -2.28. The molecule has 0 aromatic rings. The van der Waals surface area contributed by atoms with Crippen molar-refractivity contribution in [3.8, 4) is 0 Å². The molecule has 0 unspecified atom stereocenters. The van der Waals surface area contributed by atoms with Crippen molar-refractivity contribution < 1.29 is 24.2 Å². The van der Waals surface area contributed by atoms with Crippen LogP contribution in [0.1, 0.15) is 39.5 Å². The van der Waals surface area contributed by atoms with Gasteiger partial charge < -0.3 is 14.6 Å². The molecular weight excluding hydrogens is 224 g/mol. The van der Waals surface area contributed by atoms with Crippen molar-refractivity contribution in [3.63, 3.8) is 0 Å². The van der Waals surface area contributed by atoms with E-state index >= 15 is 0 Å². The van der Waals surface area contributed by atoms with Crippen molar-refractivity contribution in [2.24, 2.45) is 5.92 Å². The summed E-state index contributed by atoms with van der Waals surface area (Å²) in [6, 6.07) is 0. The topological polar surface area (TPSA) is 72.8 Å². The Balaban J connectivity index is 2.85. The molecule has 0 aromatic heterocycles. The summed E-state index contributed by atoms with van der Waals surface area (Å²) in [7, 11) is 0. The predicted octanol–water partition coefficient (Wildman–Crippen LogP) is 1.03. The van der Waals surface area contributed by atoms with Gasteiger partial charge in [0.2, 0.25) is 0 Å². The Morgan fingerprint density at radius 2 is 1.53 bits per heavy atom. The Bertz CT molecular complexity index is 263. The molecule has 5 heteroatoms. The molecule has 5 nitrogen and oxygen atoms in total. The number of carbonyl (C=O) groups is 2. The highest BCUT2D eigenvalue weighted by Gasteiger charge is 2.49. The highest BCUT2D eigenvalue weighted by molar-refractivity contribution is 5.96. The van der Waals surface area contributed by atoms with Crippen LogP contribution >= 0.6 is 0 Å². The third kappa shape index (κ3) is 3.19. The largest absolute Gasteiger partial charge is 0.465 e. The van der Waals surface area contributed by atoms with E-state index in [2.05, 4.69) is 0 Å². The number of carbonyl (C=O) groups excluding carboxylic acids is 2. The Morgan fingerprint density at radius 3 is 1.88 bits per heavy atom. The van der Waals surface area contributed by atoms with Crippen LogP contribution < -0.4 is 0 Å².